The molecule has 0 aliphatic carbocycles. The van der Waals surface area contributed by atoms with Gasteiger partial charge in [0.25, 0.3) is 0 Å². The lowest BCUT2D eigenvalue weighted by Crippen LogP contribution is -2.45. The highest BCUT2D eigenvalue weighted by Gasteiger charge is 2.38. The van der Waals surface area contributed by atoms with E-state index in [9.17, 15) is 9.59 Å². The molecule has 2 fully saturated rings. The summed E-state index contributed by atoms with van der Waals surface area (Å²) in [5.41, 5.74) is 3.70. The minimum atomic E-state index is -0.229. The van der Waals surface area contributed by atoms with Crippen molar-refractivity contribution in [2.45, 2.75) is 32.7 Å². The summed E-state index contributed by atoms with van der Waals surface area (Å²) in [6.45, 7) is 6.15. The van der Waals surface area contributed by atoms with Crippen LogP contribution in [0.2, 0.25) is 0 Å². The minimum Gasteiger partial charge on any atom is -0.378 e. The topological polar surface area (TPSA) is 49.9 Å². The Balaban J connectivity index is 1.66. The number of aryl methyl sites for hydroxylation is 3. The monoisotopic (exact) mass is 330 g/mol. The number of carbonyl (C=O) groups excluding carboxylic acids is 2. The maximum Gasteiger partial charge on any atom is 0.229 e. The number of likely N-dealkylation sites (N-methyl/N-ethyl adjacent to an activating group) is 1. The largest absolute Gasteiger partial charge is 0.378 e. The summed E-state index contributed by atoms with van der Waals surface area (Å²) in [5, 5.41) is 0. The number of rotatable bonds is 3. The highest BCUT2D eigenvalue weighted by Crippen LogP contribution is 2.21. The molecular weight excluding hydrogens is 304 g/mol. The molecule has 0 aromatic heterocycles. The van der Waals surface area contributed by atoms with E-state index in [0.717, 1.165) is 6.42 Å². The van der Waals surface area contributed by atoms with Gasteiger partial charge in [0.1, 0.15) is 0 Å². The number of fused-ring (bicyclic) bond motifs is 3. The smallest absolute Gasteiger partial charge is 0.229 e. The second-order valence-electron chi connectivity index (χ2n) is 7.07. The number of nitrogens with zero attached hydrogens (tertiary/aromatic N) is 2. The quantitative estimate of drug-likeness (QED) is 0.845. The van der Waals surface area contributed by atoms with E-state index in [2.05, 4.69) is 32.0 Å². The van der Waals surface area contributed by atoms with Gasteiger partial charge in [-0.1, -0.05) is 23.8 Å². The van der Waals surface area contributed by atoms with E-state index in [-0.39, 0.29) is 23.8 Å². The fourth-order valence-corrected chi connectivity index (χ4v) is 3.63. The fraction of sp³-hybridized carbons (Fsp3) is 0.579. The molecule has 2 amide bonds. The van der Waals surface area contributed by atoms with Crippen LogP contribution in [0.1, 0.15) is 23.1 Å². The van der Waals surface area contributed by atoms with Gasteiger partial charge in [0.05, 0.1) is 25.2 Å². The molecule has 0 radical (unpaired) electrons. The van der Waals surface area contributed by atoms with E-state index >= 15 is 0 Å². The van der Waals surface area contributed by atoms with Gasteiger partial charge in [-0.3, -0.25) is 9.59 Å². The van der Waals surface area contributed by atoms with Gasteiger partial charge in [0.2, 0.25) is 11.8 Å². The van der Waals surface area contributed by atoms with Crippen molar-refractivity contribution in [2.75, 3.05) is 33.4 Å². The SMILES string of the molecule is Cc1ccc(CCC(=O)N2C[C@@H]3COC[C@H](C2)N(C)C3=O)c(C)c1. The van der Waals surface area contributed by atoms with Crippen LogP contribution in [0.15, 0.2) is 18.2 Å². The number of hydrogen-bond donors (Lipinski definition) is 0. The summed E-state index contributed by atoms with van der Waals surface area (Å²) in [7, 11) is 1.82. The van der Waals surface area contributed by atoms with Crippen LogP contribution in [0.5, 0.6) is 0 Å². The van der Waals surface area contributed by atoms with E-state index in [0.29, 0.717) is 32.7 Å². The van der Waals surface area contributed by atoms with Crippen molar-refractivity contribution in [2.24, 2.45) is 5.92 Å². The lowest BCUT2D eigenvalue weighted by molar-refractivity contribution is -0.134. The van der Waals surface area contributed by atoms with E-state index in [1.807, 2.05) is 11.9 Å². The van der Waals surface area contributed by atoms with Crippen molar-refractivity contribution in [1.82, 2.24) is 9.80 Å². The van der Waals surface area contributed by atoms with Gasteiger partial charge in [0, 0.05) is 26.6 Å². The first-order chi connectivity index (χ1) is 11.5. The summed E-state index contributed by atoms with van der Waals surface area (Å²) in [6.07, 6.45) is 1.24. The van der Waals surface area contributed by atoms with Crippen LogP contribution >= 0.6 is 0 Å². The molecule has 5 nitrogen and oxygen atoms in total. The average molecular weight is 330 g/mol. The average Bonchev–Trinajstić information content (AvgIpc) is 2.71. The number of hydrogen-bond acceptors (Lipinski definition) is 3. The summed E-state index contributed by atoms with van der Waals surface area (Å²) in [6, 6.07) is 6.32. The molecule has 1 aromatic rings. The molecule has 2 aliphatic heterocycles. The Morgan fingerprint density at radius 2 is 2.04 bits per heavy atom. The van der Waals surface area contributed by atoms with E-state index < -0.39 is 0 Å². The first kappa shape index (κ1) is 17.0. The third-order valence-corrected chi connectivity index (χ3v) is 5.20. The van der Waals surface area contributed by atoms with Gasteiger partial charge in [-0.2, -0.15) is 0 Å². The normalized spacial score (nSPS) is 24.0. The molecule has 0 spiro atoms. The molecule has 1 aromatic carbocycles. The summed E-state index contributed by atoms with van der Waals surface area (Å²) < 4.78 is 5.59. The second kappa shape index (κ2) is 6.93. The highest BCUT2D eigenvalue weighted by molar-refractivity contribution is 5.82. The third-order valence-electron chi connectivity index (χ3n) is 5.20. The fourth-order valence-electron chi connectivity index (χ4n) is 3.63. The van der Waals surface area contributed by atoms with Crippen LogP contribution in [0, 0.1) is 19.8 Å². The van der Waals surface area contributed by atoms with Crippen LogP contribution in [0.4, 0.5) is 0 Å². The van der Waals surface area contributed by atoms with Gasteiger partial charge in [-0.05, 0) is 31.4 Å². The van der Waals surface area contributed by atoms with E-state index in [1.54, 1.807) is 4.90 Å². The van der Waals surface area contributed by atoms with Crippen molar-refractivity contribution in [3.05, 3.63) is 34.9 Å². The predicted molar refractivity (Wildman–Crippen MR) is 91.7 cm³/mol. The zero-order chi connectivity index (χ0) is 17.3. The maximum atomic E-state index is 12.7. The highest BCUT2D eigenvalue weighted by atomic mass is 16.5. The van der Waals surface area contributed by atoms with Crippen LogP contribution in [0.25, 0.3) is 0 Å². The standard InChI is InChI=1S/C19H26N2O3/c1-13-4-5-15(14(2)8-13)6-7-18(22)21-9-16-11-24-12-17(10-21)20(3)19(16)23/h4-5,8,16-17H,6-7,9-12H2,1-3H3/t16-,17+/m1/s1. The van der Waals surface area contributed by atoms with Crippen molar-refractivity contribution in [3.8, 4) is 0 Å². The Labute approximate surface area is 143 Å². The summed E-state index contributed by atoms with van der Waals surface area (Å²) in [4.78, 5) is 28.7. The van der Waals surface area contributed by atoms with Gasteiger partial charge < -0.3 is 14.5 Å². The van der Waals surface area contributed by atoms with Crippen molar-refractivity contribution >= 4 is 11.8 Å². The molecular formula is C19H26N2O3. The van der Waals surface area contributed by atoms with Crippen LogP contribution in [-0.4, -0.2) is 61.0 Å². The van der Waals surface area contributed by atoms with Crippen molar-refractivity contribution < 1.29 is 14.3 Å². The Morgan fingerprint density at radius 1 is 1.25 bits per heavy atom. The third kappa shape index (κ3) is 3.46. The molecule has 130 valence electrons. The molecule has 2 saturated heterocycles. The molecule has 2 atom stereocenters. The number of amides is 2. The minimum absolute atomic E-state index is 0.0324. The van der Waals surface area contributed by atoms with Gasteiger partial charge in [-0.15, -0.1) is 0 Å². The molecule has 3 rings (SSSR count). The Bertz CT molecular complexity index is 643. The van der Waals surface area contributed by atoms with Crippen molar-refractivity contribution in [3.63, 3.8) is 0 Å². The van der Waals surface area contributed by atoms with Crippen molar-refractivity contribution in [1.29, 1.82) is 0 Å². The molecule has 2 bridgehead atoms. The van der Waals surface area contributed by atoms with Crippen LogP contribution < -0.4 is 0 Å². The lowest BCUT2D eigenvalue weighted by atomic mass is 10.0. The Morgan fingerprint density at radius 3 is 2.79 bits per heavy atom. The molecule has 0 N–H and O–H groups in total. The van der Waals surface area contributed by atoms with Gasteiger partial charge in [-0.25, -0.2) is 0 Å². The summed E-state index contributed by atoms with van der Waals surface area (Å²) in [5.74, 6) is 0.00437. The molecule has 2 aliphatic rings. The molecule has 0 unspecified atom stereocenters. The number of benzene rings is 1. The van der Waals surface area contributed by atoms with Crippen LogP contribution in [0.3, 0.4) is 0 Å². The van der Waals surface area contributed by atoms with Gasteiger partial charge in [0.15, 0.2) is 0 Å². The Kier molecular flexibility index (Phi) is 4.90. The van der Waals surface area contributed by atoms with E-state index in [4.69, 9.17) is 4.74 Å². The predicted octanol–water partition coefficient (Wildman–Crippen LogP) is 1.55. The van der Waals surface area contributed by atoms with Gasteiger partial charge >= 0.3 is 0 Å². The number of carbonyl (C=O) groups is 2. The molecule has 2 heterocycles. The zero-order valence-corrected chi connectivity index (χ0v) is 14.7. The first-order valence-corrected chi connectivity index (χ1v) is 8.64. The molecule has 0 saturated carbocycles. The lowest BCUT2D eigenvalue weighted by Gasteiger charge is -2.29. The number of ether oxygens (including phenoxy) is 1. The summed E-state index contributed by atoms with van der Waals surface area (Å²) >= 11 is 0. The zero-order valence-electron chi connectivity index (χ0n) is 14.7. The van der Waals surface area contributed by atoms with Crippen LogP contribution in [-0.2, 0) is 20.7 Å². The maximum absolute atomic E-state index is 12.7. The Hall–Kier alpha value is -1.88. The second-order valence-corrected chi connectivity index (χ2v) is 7.07. The first-order valence-electron chi connectivity index (χ1n) is 8.64. The molecule has 5 heteroatoms. The van der Waals surface area contributed by atoms with E-state index in [1.165, 1.54) is 16.7 Å². The molecule has 24 heavy (non-hydrogen) atoms.